The Balaban J connectivity index is 1.45. The molecule has 0 aromatic heterocycles. The van der Waals surface area contributed by atoms with Crippen LogP contribution in [0.25, 0.3) is 5.70 Å². The molecule has 4 aromatic carbocycles. The number of anilines is 1. The standard InChI is InChI=1S/C40H42N2O6S/c1-24-15-17-26(18-16-24)49(43,44)41-23-33(25-11-7-6-8-12-25)42-31-14-10-9-13-27(31)38-28-19-34(45-2)35(46-3)20-29(28)39(38)40(42)30-21-36(47-4)37(48-5)22-32(30)41/h6-8,11-12,15-23,27,31,38-40H,9-10,13-14H2,1-5H3/t27-,31+,38?,39?,40?/m0/s1. The molecule has 2 aliphatic heterocycles. The Labute approximate surface area is 288 Å². The molecule has 0 radical (unpaired) electrons. The first kappa shape index (κ1) is 31.6. The maximum atomic E-state index is 14.9. The third kappa shape index (κ3) is 4.80. The van der Waals surface area contributed by atoms with E-state index in [2.05, 4.69) is 29.2 Å². The van der Waals surface area contributed by atoms with Gasteiger partial charge in [0.05, 0.1) is 50.8 Å². The Morgan fingerprint density at radius 3 is 1.88 bits per heavy atom. The Morgan fingerprint density at radius 2 is 1.24 bits per heavy atom. The minimum Gasteiger partial charge on any atom is -0.493 e. The second-order valence-corrected chi connectivity index (χ2v) is 15.3. The molecule has 0 spiro atoms. The predicted octanol–water partition coefficient (Wildman–Crippen LogP) is 8.03. The molecule has 0 bridgehead atoms. The van der Waals surface area contributed by atoms with Gasteiger partial charge in [-0.2, -0.15) is 0 Å². The van der Waals surface area contributed by atoms with Crippen molar-refractivity contribution in [2.75, 3.05) is 32.7 Å². The average molecular weight is 679 g/mol. The van der Waals surface area contributed by atoms with E-state index >= 15 is 0 Å². The lowest BCUT2D eigenvalue weighted by Crippen LogP contribution is -2.56. The van der Waals surface area contributed by atoms with Gasteiger partial charge in [-0.05, 0) is 78.6 Å². The van der Waals surface area contributed by atoms with Crippen LogP contribution in [-0.2, 0) is 10.0 Å². The van der Waals surface area contributed by atoms with Crippen LogP contribution in [-0.4, -0.2) is 47.8 Å². The molecule has 1 saturated carbocycles. The number of hydrogen-bond donors (Lipinski definition) is 0. The van der Waals surface area contributed by atoms with Crippen LogP contribution in [0, 0.1) is 12.8 Å². The lowest BCUT2D eigenvalue weighted by atomic mass is 9.52. The van der Waals surface area contributed by atoms with E-state index in [1.807, 2.05) is 55.6 Å². The zero-order chi connectivity index (χ0) is 34.0. The van der Waals surface area contributed by atoms with Crippen LogP contribution in [0.15, 0.2) is 90.0 Å². The van der Waals surface area contributed by atoms with Gasteiger partial charge < -0.3 is 23.8 Å². The molecule has 254 valence electrons. The molecule has 8 nitrogen and oxygen atoms in total. The molecule has 2 aliphatic carbocycles. The molecular formula is C40H42N2O6S. The number of methoxy groups -OCH3 is 4. The highest BCUT2D eigenvalue weighted by atomic mass is 32.2. The van der Waals surface area contributed by atoms with Crippen molar-refractivity contribution in [3.63, 3.8) is 0 Å². The second kappa shape index (κ2) is 12.1. The van der Waals surface area contributed by atoms with Crippen molar-refractivity contribution in [1.29, 1.82) is 0 Å². The van der Waals surface area contributed by atoms with E-state index in [0.29, 0.717) is 28.9 Å². The number of fused-ring (bicyclic) bond motifs is 11. The molecule has 9 heteroatoms. The molecule has 49 heavy (non-hydrogen) atoms. The average Bonchev–Trinajstić information content (AvgIpc) is 3.27. The van der Waals surface area contributed by atoms with E-state index in [9.17, 15) is 8.42 Å². The molecule has 4 aliphatic rings. The van der Waals surface area contributed by atoms with Crippen LogP contribution < -0.4 is 23.3 Å². The van der Waals surface area contributed by atoms with Gasteiger partial charge in [-0.25, -0.2) is 12.7 Å². The molecule has 3 unspecified atom stereocenters. The molecular weight excluding hydrogens is 637 g/mol. The van der Waals surface area contributed by atoms with Crippen molar-refractivity contribution >= 4 is 21.4 Å². The van der Waals surface area contributed by atoms with Crippen molar-refractivity contribution in [1.82, 2.24) is 4.90 Å². The third-order valence-electron chi connectivity index (χ3n) is 11.2. The van der Waals surface area contributed by atoms with Crippen LogP contribution >= 0.6 is 0 Å². The number of sulfonamides is 1. The third-order valence-corrected chi connectivity index (χ3v) is 12.9. The molecule has 2 heterocycles. The summed E-state index contributed by atoms with van der Waals surface area (Å²) in [5.74, 6) is 3.20. The van der Waals surface area contributed by atoms with E-state index in [1.54, 1.807) is 40.6 Å². The summed E-state index contributed by atoms with van der Waals surface area (Å²) in [7, 11) is 2.51. The van der Waals surface area contributed by atoms with Gasteiger partial charge in [0.25, 0.3) is 10.0 Å². The second-order valence-electron chi connectivity index (χ2n) is 13.5. The highest BCUT2D eigenvalue weighted by Crippen LogP contribution is 2.68. The number of nitrogens with zero attached hydrogens (tertiary/aromatic N) is 2. The summed E-state index contributed by atoms with van der Waals surface area (Å²) in [6, 6.07) is 25.4. The monoisotopic (exact) mass is 678 g/mol. The minimum absolute atomic E-state index is 0.0696. The number of aryl methyl sites for hydroxylation is 1. The Kier molecular flexibility index (Phi) is 7.78. The van der Waals surface area contributed by atoms with Gasteiger partial charge in [0.1, 0.15) is 0 Å². The van der Waals surface area contributed by atoms with Gasteiger partial charge in [0, 0.05) is 29.8 Å². The fourth-order valence-electron chi connectivity index (χ4n) is 9.01. The summed E-state index contributed by atoms with van der Waals surface area (Å²) in [6.45, 7) is 1.96. The summed E-state index contributed by atoms with van der Waals surface area (Å²) in [5.41, 5.74) is 6.81. The Bertz CT molecular complexity index is 2050. The maximum absolute atomic E-state index is 14.9. The van der Waals surface area contributed by atoms with E-state index in [-0.39, 0.29) is 28.8 Å². The Hall–Kier alpha value is -4.63. The fourth-order valence-corrected chi connectivity index (χ4v) is 10.4. The minimum atomic E-state index is -4.07. The maximum Gasteiger partial charge on any atom is 0.268 e. The highest BCUT2D eigenvalue weighted by molar-refractivity contribution is 7.93. The summed E-state index contributed by atoms with van der Waals surface area (Å²) >= 11 is 0. The number of ether oxygens (including phenoxy) is 4. The van der Waals surface area contributed by atoms with Gasteiger partial charge >= 0.3 is 0 Å². The molecule has 2 fully saturated rings. The normalized spacial score (nSPS) is 23.7. The molecule has 4 aromatic rings. The number of piperidine rings is 1. The van der Waals surface area contributed by atoms with Gasteiger partial charge in [0.2, 0.25) is 0 Å². The number of rotatable bonds is 7. The molecule has 0 amide bonds. The molecule has 1 saturated heterocycles. The van der Waals surface area contributed by atoms with E-state index < -0.39 is 10.0 Å². The van der Waals surface area contributed by atoms with E-state index in [1.165, 1.54) is 21.9 Å². The lowest BCUT2D eigenvalue weighted by molar-refractivity contribution is 0.0136. The topological polar surface area (TPSA) is 77.5 Å². The van der Waals surface area contributed by atoms with Crippen molar-refractivity contribution in [3.05, 3.63) is 113 Å². The van der Waals surface area contributed by atoms with E-state index in [4.69, 9.17) is 18.9 Å². The number of hydrogen-bond acceptors (Lipinski definition) is 7. The summed E-state index contributed by atoms with van der Waals surface area (Å²) < 4.78 is 54.6. The van der Waals surface area contributed by atoms with Crippen molar-refractivity contribution in [2.45, 2.75) is 61.4 Å². The molecule has 0 N–H and O–H groups in total. The van der Waals surface area contributed by atoms with Gasteiger partial charge in [-0.15, -0.1) is 0 Å². The van der Waals surface area contributed by atoms with Crippen molar-refractivity contribution in [3.8, 4) is 23.0 Å². The summed E-state index contributed by atoms with van der Waals surface area (Å²) in [6.07, 6.45) is 6.27. The van der Waals surface area contributed by atoms with Crippen molar-refractivity contribution < 1.29 is 27.4 Å². The SMILES string of the molecule is COc1cc2c(cc1OC)C1C2C2c3cc(OC)c(OC)cc3N(S(=O)(=O)c3ccc(C)cc3)C=C(c3ccccc3)N2[C@@H]2CCCC[C@H]12. The van der Waals surface area contributed by atoms with Crippen LogP contribution in [0.5, 0.6) is 23.0 Å². The van der Waals surface area contributed by atoms with Crippen LogP contribution in [0.3, 0.4) is 0 Å². The van der Waals surface area contributed by atoms with Gasteiger partial charge in [-0.3, -0.25) is 0 Å². The quantitative estimate of drug-likeness (QED) is 0.196. The zero-order valence-electron chi connectivity index (χ0n) is 28.6. The summed E-state index contributed by atoms with van der Waals surface area (Å²) in [4.78, 5) is 2.79. The summed E-state index contributed by atoms with van der Waals surface area (Å²) in [5, 5.41) is 0. The van der Waals surface area contributed by atoms with Crippen molar-refractivity contribution in [2.24, 2.45) is 5.92 Å². The molecule has 8 rings (SSSR count). The molecule has 5 atom stereocenters. The smallest absolute Gasteiger partial charge is 0.268 e. The Morgan fingerprint density at radius 1 is 0.673 bits per heavy atom. The van der Waals surface area contributed by atoms with Crippen LogP contribution in [0.1, 0.15) is 71.4 Å². The first-order valence-corrected chi connectivity index (χ1v) is 18.4. The first-order valence-electron chi connectivity index (χ1n) is 17.0. The highest BCUT2D eigenvalue weighted by Gasteiger charge is 2.59. The van der Waals surface area contributed by atoms with Crippen LogP contribution in [0.2, 0.25) is 0 Å². The first-order chi connectivity index (χ1) is 23.8. The largest absolute Gasteiger partial charge is 0.493 e. The lowest BCUT2D eigenvalue weighted by Gasteiger charge is -2.62. The van der Waals surface area contributed by atoms with E-state index in [0.717, 1.165) is 47.4 Å². The predicted molar refractivity (Wildman–Crippen MR) is 190 cm³/mol. The van der Waals surface area contributed by atoms with Crippen LogP contribution in [0.4, 0.5) is 5.69 Å². The fraction of sp³-hybridized carbons (Fsp3) is 0.350. The van der Waals surface area contributed by atoms with Gasteiger partial charge in [0.15, 0.2) is 23.0 Å². The van der Waals surface area contributed by atoms with Gasteiger partial charge in [-0.1, -0.05) is 60.9 Å². The number of benzene rings is 4. The zero-order valence-corrected chi connectivity index (χ0v) is 29.4.